The van der Waals surface area contributed by atoms with Crippen LogP contribution in [0, 0.1) is 0 Å². The Labute approximate surface area is 417 Å². The molecule has 0 spiro atoms. The molecule has 26 heteroatoms. The van der Waals surface area contributed by atoms with Gasteiger partial charge in [-0.3, -0.25) is 37.4 Å². The van der Waals surface area contributed by atoms with Gasteiger partial charge in [-0.1, -0.05) is 14.9 Å². The summed E-state index contributed by atoms with van der Waals surface area (Å²) in [4.78, 5) is 123. The zero-order valence-corrected chi connectivity index (χ0v) is 40.0. The molecule has 2 amide bonds. The highest BCUT2D eigenvalue weighted by molar-refractivity contribution is 5.94. The zero-order valence-electron chi connectivity index (χ0n) is 40.0. The van der Waals surface area contributed by atoms with Crippen molar-refractivity contribution in [2.75, 3.05) is 33.5 Å². The molecule has 8 aromatic heterocycles. The van der Waals surface area contributed by atoms with Gasteiger partial charge >= 0.3 is 11.4 Å². The maximum absolute atomic E-state index is 13.0. The molecule has 0 aromatic carbocycles. The summed E-state index contributed by atoms with van der Waals surface area (Å²) in [5.74, 6) is 1.86. The van der Waals surface area contributed by atoms with Crippen LogP contribution in [0.25, 0.3) is 45.1 Å². The largest absolute Gasteiger partial charge is 0.338 e. The molecule has 0 bridgehead atoms. The van der Waals surface area contributed by atoms with Gasteiger partial charge in [0.05, 0.1) is 23.8 Å². The third-order valence-electron chi connectivity index (χ3n) is 12.7. The Morgan fingerprint density at radius 2 is 1.07 bits per heavy atom. The van der Waals surface area contributed by atoms with Crippen molar-refractivity contribution in [2.45, 2.75) is 86.0 Å². The number of aromatic nitrogens is 16. The smallest absolute Gasteiger partial charge is 0.332 e. The van der Waals surface area contributed by atoms with Crippen LogP contribution in [0.1, 0.15) is 67.3 Å². The molecule has 2 aliphatic rings. The summed E-state index contributed by atoms with van der Waals surface area (Å²) in [5.41, 5.74) is -0.0333. The zero-order chi connectivity index (χ0) is 50.2. The maximum Gasteiger partial charge on any atom is 0.332 e. The van der Waals surface area contributed by atoms with Crippen LogP contribution in [0.4, 0.5) is 23.5 Å². The van der Waals surface area contributed by atoms with E-state index in [-0.39, 0.29) is 43.7 Å². The van der Waals surface area contributed by atoms with E-state index < -0.39 is 40.4 Å². The highest BCUT2D eigenvalue weighted by Crippen LogP contribution is 2.25. The normalized spacial score (nSPS) is 15.6. The fourth-order valence-electron chi connectivity index (χ4n) is 8.63. The van der Waals surface area contributed by atoms with Gasteiger partial charge < -0.3 is 29.6 Å². The van der Waals surface area contributed by atoms with Gasteiger partial charge in [-0.2, -0.15) is 0 Å². The fraction of sp³-hybridized carbons (Fsp3) is 0.404. The van der Waals surface area contributed by atoms with E-state index in [0.717, 1.165) is 47.9 Å². The fourth-order valence-corrected chi connectivity index (χ4v) is 8.63. The minimum atomic E-state index is -0.802. The van der Waals surface area contributed by atoms with Crippen LogP contribution in [0.2, 0.25) is 0 Å². The number of carbonyl (C=O) groups excluding carboxylic acids is 2. The number of hydrogen-bond acceptors (Lipinski definition) is 18. The van der Waals surface area contributed by atoms with E-state index in [0.29, 0.717) is 58.4 Å². The summed E-state index contributed by atoms with van der Waals surface area (Å²) < 4.78 is 7.35. The monoisotopic (exact) mass is 998 g/mol. The molecule has 3 atom stereocenters. The van der Waals surface area contributed by atoms with Crippen molar-refractivity contribution in [3.8, 4) is 22.8 Å². The quantitative estimate of drug-likeness (QED) is 0.199. The number of hydrogen-bond donors (Lipinski definition) is 2. The molecule has 73 heavy (non-hydrogen) atoms. The number of nitrogens with zero attached hydrogens (tertiary/aromatic N) is 18. The van der Waals surface area contributed by atoms with E-state index in [9.17, 15) is 28.8 Å². The molecule has 2 aliphatic heterocycles. The average molecular weight is 999 g/mol. The molecule has 0 radical (unpaired) electrons. The Hall–Kier alpha value is -8.84. The summed E-state index contributed by atoms with van der Waals surface area (Å²) in [5, 5.41) is 5.47. The Balaban J connectivity index is 0.000000208. The summed E-state index contributed by atoms with van der Waals surface area (Å²) in [7, 11) is 5.81. The Bertz CT molecular complexity index is 3580. The average Bonchev–Trinajstić information content (AvgIpc) is 4.21. The van der Waals surface area contributed by atoms with Crippen molar-refractivity contribution in [3.63, 3.8) is 0 Å². The van der Waals surface area contributed by atoms with E-state index in [4.69, 9.17) is 0 Å². The second-order valence-electron chi connectivity index (χ2n) is 17.4. The van der Waals surface area contributed by atoms with Gasteiger partial charge in [0.1, 0.15) is 24.2 Å². The molecule has 0 unspecified atom stereocenters. The van der Waals surface area contributed by atoms with Crippen LogP contribution < -0.4 is 42.9 Å². The highest BCUT2D eigenvalue weighted by Gasteiger charge is 2.26. The van der Waals surface area contributed by atoms with Crippen molar-refractivity contribution in [2.24, 2.45) is 28.2 Å². The molecule has 10 rings (SSSR count). The van der Waals surface area contributed by atoms with E-state index in [1.54, 1.807) is 43.8 Å². The molecular formula is C47H58N20O6. The number of anilines is 4. The van der Waals surface area contributed by atoms with Crippen LogP contribution in [0.3, 0.4) is 0 Å². The lowest BCUT2D eigenvalue weighted by atomic mass is 10.2. The predicted octanol–water partition coefficient (Wildman–Crippen LogP) is 2.45. The first-order chi connectivity index (χ1) is 34.1. The van der Waals surface area contributed by atoms with Crippen LogP contribution in [-0.2, 0) is 44.3 Å². The Kier molecular flexibility index (Phi) is 15.1. The standard InChI is InChI=1S/C23H26N10O3.C22H24N10O3.2CH4/c1-13-6-5-9-32(13)22-25-10-15(11-26-22)18-24-8-7-16(28-18)29-20(34)14(2)33-12-27-19-17(33)21(35)31(4)23(36)30(19)3;1-13-5-4-8-32(13)21-24-9-14(10-25-21)18-23-7-6-15(28-18)27-16(33)11-31-12-26-19-17(31)20(34)30(3)22(35)29(19)2;;/h7-8,10-14H,5-6,9H2,1-4H3,(H,24,28,29,34);6-7,9-10,12-13H,4-5,8,11H2,1-3H3,(H,23,27,28,33);2*1H4/t13-,14+;13-;;/m01../s1. The van der Waals surface area contributed by atoms with Gasteiger partial charge in [-0.15, -0.1) is 0 Å². The minimum absolute atomic E-state index is 0. The van der Waals surface area contributed by atoms with E-state index >= 15 is 0 Å². The first kappa shape index (κ1) is 52.0. The molecule has 2 saturated heterocycles. The number of nitrogens with one attached hydrogen (secondary N) is 2. The number of imidazole rings is 2. The number of aryl methyl sites for hydroxylation is 2. The van der Waals surface area contributed by atoms with Crippen LogP contribution in [0.15, 0.2) is 81.1 Å². The third-order valence-corrected chi connectivity index (χ3v) is 12.7. The minimum Gasteiger partial charge on any atom is -0.338 e. The maximum atomic E-state index is 13.0. The van der Waals surface area contributed by atoms with Crippen LogP contribution in [0.5, 0.6) is 0 Å². The predicted molar refractivity (Wildman–Crippen MR) is 274 cm³/mol. The number of amides is 2. The van der Waals surface area contributed by atoms with Gasteiger partial charge in [0.25, 0.3) is 11.1 Å². The summed E-state index contributed by atoms with van der Waals surface area (Å²) in [6, 6.07) is 3.16. The lowest BCUT2D eigenvalue weighted by Crippen LogP contribution is -2.38. The van der Waals surface area contributed by atoms with Crippen LogP contribution >= 0.6 is 0 Å². The van der Waals surface area contributed by atoms with Gasteiger partial charge in [-0.25, -0.2) is 59.4 Å². The van der Waals surface area contributed by atoms with Gasteiger partial charge in [-0.05, 0) is 58.6 Å². The van der Waals surface area contributed by atoms with Gasteiger partial charge in [0, 0.05) is 90.5 Å². The Morgan fingerprint density at radius 3 is 1.55 bits per heavy atom. The molecule has 2 N–H and O–H groups in total. The molecular weight excluding hydrogens is 941 g/mol. The SMILES string of the molecule is C.C.C[C@@H]1CCCN1c1ncc(-c2nccc(NC(=O)Cn3cnc4c3c(=O)n(C)c(=O)n4C)n2)cn1.C[C@H](C(=O)Nc1ccnc(-c2cnc(N3CCC[C@@H]3C)nc2)n1)n1cnc2c1c(=O)n(C)c(=O)n2C. The molecule has 26 nitrogen and oxygen atoms in total. The van der Waals surface area contributed by atoms with Gasteiger partial charge in [0.2, 0.25) is 23.7 Å². The van der Waals surface area contributed by atoms with Gasteiger partial charge in [0.15, 0.2) is 34.0 Å². The summed E-state index contributed by atoms with van der Waals surface area (Å²) in [6.45, 7) is 7.64. The van der Waals surface area contributed by atoms with Crippen molar-refractivity contribution < 1.29 is 9.59 Å². The van der Waals surface area contributed by atoms with E-state index in [2.05, 4.69) is 84.1 Å². The van der Waals surface area contributed by atoms with Crippen molar-refractivity contribution in [1.82, 2.24) is 77.2 Å². The molecule has 382 valence electrons. The molecule has 0 saturated carbocycles. The lowest BCUT2D eigenvalue weighted by Gasteiger charge is -2.20. The molecule has 2 fully saturated rings. The molecule has 10 heterocycles. The first-order valence-electron chi connectivity index (χ1n) is 22.8. The summed E-state index contributed by atoms with van der Waals surface area (Å²) >= 11 is 0. The van der Waals surface area contributed by atoms with Crippen molar-refractivity contribution in [1.29, 1.82) is 0 Å². The summed E-state index contributed by atoms with van der Waals surface area (Å²) in [6.07, 6.45) is 17.0. The van der Waals surface area contributed by atoms with E-state index in [1.807, 2.05) is 0 Å². The number of fused-ring (bicyclic) bond motifs is 2. The second-order valence-corrected chi connectivity index (χ2v) is 17.4. The van der Waals surface area contributed by atoms with Crippen molar-refractivity contribution >= 4 is 57.7 Å². The second kappa shape index (κ2) is 21.3. The Morgan fingerprint density at radius 1 is 0.616 bits per heavy atom. The topological polar surface area (TPSA) is 291 Å². The van der Waals surface area contributed by atoms with E-state index in [1.165, 1.54) is 71.5 Å². The lowest BCUT2D eigenvalue weighted by molar-refractivity contribution is -0.119. The molecule has 0 aliphatic carbocycles. The molecule has 8 aromatic rings. The van der Waals surface area contributed by atoms with Crippen LogP contribution in [-0.4, -0.2) is 114 Å². The highest BCUT2D eigenvalue weighted by atomic mass is 16.2. The number of carbonyl (C=O) groups is 2. The first-order valence-corrected chi connectivity index (χ1v) is 22.8. The number of rotatable bonds is 10. The van der Waals surface area contributed by atoms with Crippen molar-refractivity contribution in [3.05, 3.63) is 104 Å². The third kappa shape index (κ3) is 10.1.